The second kappa shape index (κ2) is 16.5. The molecule has 0 aliphatic rings. The Balaban J connectivity index is 1.12. The summed E-state index contributed by atoms with van der Waals surface area (Å²) < 4.78 is 5.18. The van der Waals surface area contributed by atoms with Crippen molar-refractivity contribution in [2.24, 2.45) is 0 Å². The number of anilines is 6. The molecule has 12 aromatic rings. The lowest BCUT2D eigenvalue weighted by atomic mass is 10.1. The minimum absolute atomic E-state index is 1.11. The molecule has 10 aromatic carbocycles. The summed E-state index contributed by atoms with van der Waals surface area (Å²) in [4.78, 5) is 4.93. The van der Waals surface area contributed by atoms with E-state index in [4.69, 9.17) is 0 Å². The van der Waals surface area contributed by atoms with Gasteiger partial charge in [0.05, 0.1) is 0 Å². The first-order valence-corrected chi connectivity index (χ1v) is 25.7. The third-order valence-corrected chi connectivity index (χ3v) is 19.9. The van der Waals surface area contributed by atoms with E-state index in [-0.39, 0.29) is 0 Å². The summed E-state index contributed by atoms with van der Waals surface area (Å²) in [5, 5.41) is 10.4. The van der Waals surface area contributed by atoms with Crippen molar-refractivity contribution in [1.82, 2.24) is 0 Å². The molecule has 0 bridgehead atoms. The standard InChI is InChI=1S/C60H42N2S2Si/c1-5-20-43(21-6-1)61(46-37-39-58-54(41-46)52-31-14-17-34-57(52)63-58)45-24-19-29-50(40-45)65(48-25-9-3-10-26-48,49-27-11-4-12-28-49)60-35-18-15-32-55(60)62(44-22-7-2-8-23-44)47-36-38-53-51-30-13-16-33-56(51)64-59(53)42-47/h1-42H. The van der Waals surface area contributed by atoms with E-state index in [0.717, 1.165) is 28.4 Å². The van der Waals surface area contributed by atoms with E-state index < -0.39 is 8.07 Å². The second-order valence-corrected chi connectivity index (χ2v) is 22.4. The zero-order chi connectivity index (χ0) is 43.2. The smallest absolute Gasteiger partial charge is 0.181 e. The summed E-state index contributed by atoms with van der Waals surface area (Å²) in [7, 11) is -3.17. The molecular weight excluding hydrogens is 841 g/mol. The Kier molecular flexibility index (Phi) is 9.94. The molecule has 12 rings (SSSR count). The Bertz CT molecular complexity index is 3580. The average Bonchev–Trinajstić information content (AvgIpc) is 3.94. The molecule has 0 amide bonds. The summed E-state index contributed by atoms with van der Waals surface area (Å²) in [6, 6.07) is 94.5. The van der Waals surface area contributed by atoms with Gasteiger partial charge in [0.1, 0.15) is 0 Å². The molecule has 308 valence electrons. The molecule has 0 saturated heterocycles. The lowest BCUT2D eigenvalue weighted by molar-refractivity contribution is 1.29. The number of nitrogens with zero attached hydrogens (tertiary/aromatic N) is 2. The molecule has 0 N–H and O–H groups in total. The number of fused-ring (bicyclic) bond motifs is 6. The van der Waals surface area contributed by atoms with Crippen LogP contribution in [-0.2, 0) is 0 Å². The van der Waals surface area contributed by atoms with Gasteiger partial charge in [-0.25, -0.2) is 0 Å². The monoisotopic (exact) mass is 882 g/mol. The van der Waals surface area contributed by atoms with E-state index in [0.29, 0.717) is 0 Å². The van der Waals surface area contributed by atoms with E-state index in [9.17, 15) is 0 Å². The lowest BCUT2D eigenvalue weighted by Crippen LogP contribution is -2.75. The number of benzene rings is 10. The van der Waals surface area contributed by atoms with Gasteiger partial charge in [-0.3, -0.25) is 0 Å². The molecule has 2 aromatic heterocycles. The van der Waals surface area contributed by atoms with E-state index >= 15 is 0 Å². The van der Waals surface area contributed by atoms with Gasteiger partial charge in [-0.1, -0.05) is 170 Å². The molecule has 0 unspecified atom stereocenters. The Hall–Kier alpha value is -7.54. The van der Waals surface area contributed by atoms with Gasteiger partial charge >= 0.3 is 0 Å². The van der Waals surface area contributed by atoms with Gasteiger partial charge < -0.3 is 9.80 Å². The van der Waals surface area contributed by atoms with Crippen LogP contribution in [0.25, 0.3) is 40.3 Å². The molecule has 0 radical (unpaired) electrons. The van der Waals surface area contributed by atoms with E-state index in [1.807, 2.05) is 22.7 Å². The minimum atomic E-state index is -3.17. The van der Waals surface area contributed by atoms with Crippen molar-refractivity contribution in [3.8, 4) is 0 Å². The first-order valence-electron chi connectivity index (χ1n) is 22.1. The highest BCUT2D eigenvalue weighted by Gasteiger charge is 2.44. The van der Waals surface area contributed by atoms with Gasteiger partial charge in [0.2, 0.25) is 0 Å². The fourth-order valence-corrected chi connectivity index (χ4v) is 17.1. The van der Waals surface area contributed by atoms with E-state index in [1.165, 1.54) is 66.8 Å². The lowest BCUT2D eigenvalue weighted by Gasteiger charge is -2.39. The third-order valence-electron chi connectivity index (χ3n) is 12.8. The third kappa shape index (κ3) is 6.75. The van der Waals surface area contributed by atoms with Gasteiger partial charge in [-0.05, 0) is 106 Å². The Morgan fingerprint density at radius 2 is 0.708 bits per heavy atom. The molecule has 0 atom stereocenters. The first kappa shape index (κ1) is 39.1. The van der Waals surface area contributed by atoms with Crippen molar-refractivity contribution < 1.29 is 0 Å². The predicted octanol–water partition coefficient (Wildman–Crippen LogP) is 14.7. The Morgan fingerprint density at radius 1 is 0.262 bits per heavy atom. The van der Waals surface area contributed by atoms with Crippen LogP contribution in [0.2, 0.25) is 0 Å². The highest BCUT2D eigenvalue weighted by atomic mass is 32.1. The van der Waals surface area contributed by atoms with Gasteiger partial charge in [-0.2, -0.15) is 0 Å². The van der Waals surface area contributed by atoms with Crippen LogP contribution in [0.1, 0.15) is 0 Å². The second-order valence-electron chi connectivity index (χ2n) is 16.4. The van der Waals surface area contributed by atoms with Crippen LogP contribution < -0.4 is 30.5 Å². The van der Waals surface area contributed by atoms with Crippen LogP contribution in [0.4, 0.5) is 34.1 Å². The first-order chi connectivity index (χ1) is 32.2. The zero-order valence-corrected chi connectivity index (χ0v) is 38.1. The molecular formula is C60H42N2S2Si. The molecule has 5 heteroatoms. The van der Waals surface area contributed by atoms with Crippen molar-refractivity contribution in [2.75, 3.05) is 9.80 Å². The fourth-order valence-electron chi connectivity index (χ4n) is 9.94. The largest absolute Gasteiger partial charge is 0.311 e. The van der Waals surface area contributed by atoms with Crippen molar-refractivity contribution >= 4 is 126 Å². The summed E-state index contributed by atoms with van der Waals surface area (Å²) in [6.07, 6.45) is 0. The molecule has 0 spiro atoms. The maximum absolute atomic E-state index is 3.17. The minimum Gasteiger partial charge on any atom is -0.311 e. The quantitative estimate of drug-likeness (QED) is 0.0997. The van der Waals surface area contributed by atoms with Crippen molar-refractivity contribution in [2.45, 2.75) is 0 Å². The normalized spacial score (nSPS) is 11.7. The van der Waals surface area contributed by atoms with Gasteiger partial charge in [0.15, 0.2) is 8.07 Å². The van der Waals surface area contributed by atoms with Crippen LogP contribution in [0.3, 0.4) is 0 Å². The molecule has 0 saturated carbocycles. The van der Waals surface area contributed by atoms with Crippen LogP contribution >= 0.6 is 22.7 Å². The van der Waals surface area contributed by atoms with Gasteiger partial charge in [0.25, 0.3) is 0 Å². The van der Waals surface area contributed by atoms with E-state index in [1.54, 1.807) is 0 Å². The van der Waals surface area contributed by atoms with Crippen LogP contribution in [0.15, 0.2) is 255 Å². The highest BCUT2D eigenvalue weighted by molar-refractivity contribution is 7.26. The zero-order valence-electron chi connectivity index (χ0n) is 35.5. The van der Waals surface area contributed by atoms with Crippen LogP contribution in [-0.4, -0.2) is 8.07 Å². The Morgan fingerprint density at radius 3 is 1.38 bits per heavy atom. The molecule has 65 heavy (non-hydrogen) atoms. The molecule has 0 aliphatic heterocycles. The Labute approximate surface area is 388 Å². The van der Waals surface area contributed by atoms with Crippen LogP contribution in [0.5, 0.6) is 0 Å². The van der Waals surface area contributed by atoms with Crippen molar-refractivity contribution in [3.63, 3.8) is 0 Å². The summed E-state index contributed by atoms with van der Waals surface area (Å²) in [6.45, 7) is 0. The summed E-state index contributed by atoms with van der Waals surface area (Å²) >= 11 is 3.72. The average molecular weight is 883 g/mol. The number of thiophene rings is 2. The fraction of sp³-hybridized carbons (Fsp3) is 0. The maximum Gasteiger partial charge on any atom is 0.181 e. The molecule has 0 fully saturated rings. The number of para-hydroxylation sites is 3. The molecule has 0 aliphatic carbocycles. The van der Waals surface area contributed by atoms with Gasteiger partial charge in [0, 0.05) is 74.5 Å². The van der Waals surface area contributed by atoms with E-state index in [2.05, 4.69) is 265 Å². The number of rotatable bonds is 10. The molecule has 2 heterocycles. The maximum atomic E-state index is 2.49. The summed E-state index contributed by atoms with van der Waals surface area (Å²) in [5.41, 5.74) is 6.77. The molecule has 2 nitrogen and oxygen atoms in total. The SMILES string of the molecule is c1ccc(N(c2cccc([Si](c3ccccc3)(c3ccccc3)c3ccccc3N(c3ccccc3)c3ccc4c(c3)sc3ccccc34)c2)c2ccc3sc4ccccc4c3c2)cc1. The van der Waals surface area contributed by atoms with Crippen molar-refractivity contribution in [3.05, 3.63) is 255 Å². The van der Waals surface area contributed by atoms with Crippen molar-refractivity contribution in [1.29, 1.82) is 0 Å². The summed E-state index contributed by atoms with van der Waals surface area (Å²) in [5.74, 6) is 0. The van der Waals surface area contributed by atoms with Crippen LogP contribution in [0, 0.1) is 0 Å². The highest BCUT2D eigenvalue weighted by Crippen LogP contribution is 2.42. The number of hydrogen-bond donors (Lipinski definition) is 0. The van der Waals surface area contributed by atoms with Gasteiger partial charge in [-0.15, -0.1) is 22.7 Å². The topological polar surface area (TPSA) is 6.48 Å². The predicted molar refractivity (Wildman–Crippen MR) is 285 cm³/mol. The number of hydrogen-bond acceptors (Lipinski definition) is 4.